The zero-order valence-corrected chi connectivity index (χ0v) is 16.1. The average Bonchev–Trinajstić information content (AvgIpc) is 3.08. The van der Waals surface area contributed by atoms with Crippen LogP contribution >= 0.6 is 0 Å². The summed E-state index contributed by atoms with van der Waals surface area (Å²) in [4.78, 5) is 25.9. The van der Waals surface area contributed by atoms with Gasteiger partial charge in [-0.2, -0.15) is 0 Å². The van der Waals surface area contributed by atoms with Gasteiger partial charge in [0, 0.05) is 31.0 Å². The van der Waals surface area contributed by atoms with Crippen LogP contribution in [0.2, 0.25) is 0 Å². The van der Waals surface area contributed by atoms with Crippen molar-refractivity contribution in [2.45, 2.75) is 19.9 Å². The van der Waals surface area contributed by atoms with Crippen molar-refractivity contribution in [2.75, 3.05) is 20.2 Å². The number of nitrogens with zero attached hydrogens (tertiary/aromatic N) is 1. The molecule has 3 aromatic rings. The minimum Gasteiger partial charge on any atom is -0.484 e. The number of hydrogen-bond acceptors (Lipinski definition) is 4. The summed E-state index contributed by atoms with van der Waals surface area (Å²) in [5.41, 5.74) is 1.83. The van der Waals surface area contributed by atoms with E-state index in [1.54, 1.807) is 24.1 Å². The summed E-state index contributed by atoms with van der Waals surface area (Å²) in [6.45, 7) is 2.24. The number of ether oxygens (including phenoxy) is 1. The number of carbonyl (C=O) groups is 2. The number of benzene rings is 2. The van der Waals surface area contributed by atoms with E-state index < -0.39 is 0 Å². The monoisotopic (exact) mass is 380 g/mol. The number of aryl methyl sites for hydroxylation is 1. The molecule has 3 rings (SSSR count). The lowest BCUT2D eigenvalue weighted by atomic mass is 10.1. The number of fused-ring (bicyclic) bond motifs is 1. The van der Waals surface area contributed by atoms with Gasteiger partial charge in [0.1, 0.15) is 17.1 Å². The Kier molecular flexibility index (Phi) is 6.32. The van der Waals surface area contributed by atoms with Gasteiger partial charge in [-0.3, -0.25) is 9.59 Å². The first-order valence-corrected chi connectivity index (χ1v) is 9.26. The molecule has 6 heteroatoms. The maximum atomic E-state index is 12.4. The fraction of sp³-hybridized carbons (Fsp3) is 0.273. The minimum atomic E-state index is -0.339. The Balaban J connectivity index is 1.53. The molecule has 146 valence electrons. The van der Waals surface area contributed by atoms with Crippen molar-refractivity contribution in [3.05, 3.63) is 65.9 Å². The molecule has 0 atom stereocenters. The van der Waals surface area contributed by atoms with Crippen LogP contribution in [0.25, 0.3) is 11.0 Å². The first-order chi connectivity index (χ1) is 13.6. The zero-order chi connectivity index (χ0) is 19.9. The summed E-state index contributed by atoms with van der Waals surface area (Å²) in [5.74, 6) is 0.968. The van der Waals surface area contributed by atoms with E-state index in [9.17, 15) is 9.59 Å². The number of furan rings is 1. The largest absolute Gasteiger partial charge is 0.484 e. The van der Waals surface area contributed by atoms with Gasteiger partial charge in [0.2, 0.25) is 5.91 Å². The normalized spacial score (nSPS) is 10.6. The van der Waals surface area contributed by atoms with Crippen LogP contribution in [0, 0.1) is 0 Å². The predicted octanol–water partition coefficient (Wildman–Crippen LogP) is 3.15. The highest BCUT2D eigenvalue weighted by atomic mass is 16.5. The van der Waals surface area contributed by atoms with Gasteiger partial charge in [0.15, 0.2) is 6.61 Å². The van der Waals surface area contributed by atoms with Gasteiger partial charge < -0.3 is 19.4 Å². The number of likely N-dealkylation sites (N-methyl/N-ethyl adjacent to an activating group) is 1. The van der Waals surface area contributed by atoms with Crippen LogP contribution in [0.3, 0.4) is 0 Å². The zero-order valence-electron chi connectivity index (χ0n) is 16.1. The van der Waals surface area contributed by atoms with E-state index in [4.69, 9.17) is 9.15 Å². The van der Waals surface area contributed by atoms with Crippen molar-refractivity contribution in [3.63, 3.8) is 0 Å². The molecule has 0 fully saturated rings. The molecule has 6 nitrogen and oxygen atoms in total. The van der Waals surface area contributed by atoms with Gasteiger partial charge >= 0.3 is 0 Å². The number of para-hydroxylation sites is 2. The van der Waals surface area contributed by atoms with Crippen molar-refractivity contribution in [3.8, 4) is 5.75 Å². The highest BCUT2D eigenvalue weighted by Crippen LogP contribution is 2.27. The van der Waals surface area contributed by atoms with Crippen LogP contribution < -0.4 is 10.1 Å². The Hall–Kier alpha value is -3.28. The molecule has 0 bridgehead atoms. The Morgan fingerprint density at radius 2 is 1.79 bits per heavy atom. The number of rotatable bonds is 8. The van der Waals surface area contributed by atoms with Gasteiger partial charge in [-0.1, -0.05) is 43.3 Å². The smallest absolute Gasteiger partial charge is 0.258 e. The molecule has 2 amide bonds. The number of amides is 2. The van der Waals surface area contributed by atoms with Crippen molar-refractivity contribution in [2.24, 2.45) is 0 Å². The second-order valence-corrected chi connectivity index (χ2v) is 6.48. The lowest BCUT2D eigenvalue weighted by molar-refractivity contribution is -0.132. The number of nitrogens with one attached hydrogen (secondary N) is 1. The second-order valence-electron chi connectivity index (χ2n) is 6.48. The summed E-state index contributed by atoms with van der Waals surface area (Å²) in [6, 6.07) is 16.9. The lowest BCUT2D eigenvalue weighted by Crippen LogP contribution is -2.39. The topological polar surface area (TPSA) is 71.8 Å². The van der Waals surface area contributed by atoms with Gasteiger partial charge in [-0.15, -0.1) is 0 Å². The molecule has 0 aliphatic heterocycles. The molecule has 0 saturated heterocycles. The molecule has 0 aliphatic rings. The van der Waals surface area contributed by atoms with Crippen LogP contribution in [0.5, 0.6) is 5.75 Å². The quantitative estimate of drug-likeness (QED) is 0.652. The first kappa shape index (κ1) is 19.5. The Labute approximate surface area is 164 Å². The summed E-state index contributed by atoms with van der Waals surface area (Å²) in [6.07, 6.45) is 0.750. The maximum absolute atomic E-state index is 12.4. The predicted molar refractivity (Wildman–Crippen MR) is 107 cm³/mol. The second kappa shape index (κ2) is 9.08. The fourth-order valence-corrected chi connectivity index (χ4v) is 2.96. The molecule has 0 radical (unpaired) electrons. The van der Waals surface area contributed by atoms with E-state index in [1.165, 1.54) is 0 Å². The van der Waals surface area contributed by atoms with Crippen molar-refractivity contribution in [1.29, 1.82) is 0 Å². The van der Waals surface area contributed by atoms with E-state index in [1.807, 2.05) is 49.4 Å². The molecular weight excluding hydrogens is 356 g/mol. The van der Waals surface area contributed by atoms with E-state index in [-0.39, 0.29) is 25.0 Å². The Morgan fingerprint density at radius 3 is 2.54 bits per heavy atom. The van der Waals surface area contributed by atoms with Crippen molar-refractivity contribution in [1.82, 2.24) is 10.2 Å². The summed E-state index contributed by atoms with van der Waals surface area (Å²) < 4.78 is 11.3. The third-order valence-corrected chi connectivity index (χ3v) is 4.47. The van der Waals surface area contributed by atoms with Gasteiger partial charge in [-0.05, 0) is 18.2 Å². The highest BCUT2D eigenvalue weighted by Gasteiger charge is 2.17. The van der Waals surface area contributed by atoms with E-state index in [2.05, 4.69) is 5.32 Å². The molecule has 1 aromatic heterocycles. The third-order valence-electron chi connectivity index (χ3n) is 4.47. The molecule has 1 heterocycles. The van der Waals surface area contributed by atoms with Crippen LogP contribution in [-0.2, 0) is 22.6 Å². The van der Waals surface area contributed by atoms with Crippen LogP contribution in [0.4, 0.5) is 0 Å². The molecular formula is C22H24N2O4. The van der Waals surface area contributed by atoms with E-state index in [0.29, 0.717) is 12.3 Å². The van der Waals surface area contributed by atoms with Gasteiger partial charge in [0.05, 0.1) is 6.54 Å². The van der Waals surface area contributed by atoms with Crippen LogP contribution in [0.15, 0.2) is 59.0 Å². The molecule has 0 unspecified atom stereocenters. The summed E-state index contributed by atoms with van der Waals surface area (Å²) in [5, 5.41) is 3.61. The number of hydrogen-bond donors (Lipinski definition) is 1. The molecule has 28 heavy (non-hydrogen) atoms. The van der Waals surface area contributed by atoms with Crippen molar-refractivity contribution >= 4 is 22.8 Å². The lowest BCUT2D eigenvalue weighted by Gasteiger charge is -2.18. The number of carbonyl (C=O) groups excluding carboxylic acids is 2. The molecule has 0 spiro atoms. The molecule has 0 saturated carbocycles. The van der Waals surface area contributed by atoms with Gasteiger partial charge in [-0.25, -0.2) is 0 Å². The van der Waals surface area contributed by atoms with Gasteiger partial charge in [0.25, 0.3) is 5.91 Å². The SMILES string of the molecule is CCc1oc2ccccc2c1CN(C)C(=O)CNC(=O)COc1ccccc1. The highest BCUT2D eigenvalue weighted by molar-refractivity contribution is 5.86. The molecule has 0 aliphatic carbocycles. The first-order valence-electron chi connectivity index (χ1n) is 9.26. The Morgan fingerprint density at radius 1 is 1.07 bits per heavy atom. The van der Waals surface area contributed by atoms with Crippen LogP contribution in [-0.4, -0.2) is 36.9 Å². The maximum Gasteiger partial charge on any atom is 0.258 e. The molecule has 2 aromatic carbocycles. The summed E-state index contributed by atoms with van der Waals surface area (Å²) >= 11 is 0. The van der Waals surface area contributed by atoms with E-state index in [0.717, 1.165) is 28.7 Å². The average molecular weight is 380 g/mol. The van der Waals surface area contributed by atoms with E-state index >= 15 is 0 Å². The fourth-order valence-electron chi connectivity index (χ4n) is 2.96. The summed E-state index contributed by atoms with van der Waals surface area (Å²) in [7, 11) is 1.72. The van der Waals surface area contributed by atoms with Crippen molar-refractivity contribution < 1.29 is 18.7 Å². The molecule has 1 N–H and O–H groups in total. The third kappa shape index (κ3) is 4.71. The Bertz CT molecular complexity index is 950. The minimum absolute atomic E-state index is 0.0786. The van der Waals surface area contributed by atoms with Crippen LogP contribution in [0.1, 0.15) is 18.2 Å². The standard InChI is InChI=1S/C22H24N2O4/c1-3-19-18(17-11-7-8-12-20(17)28-19)14-24(2)22(26)13-23-21(25)15-27-16-9-5-4-6-10-16/h4-12H,3,13-15H2,1-2H3,(H,23,25).